The van der Waals surface area contributed by atoms with Crippen LogP contribution in [0.3, 0.4) is 0 Å². The summed E-state index contributed by atoms with van der Waals surface area (Å²) in [6.45, 7) is 0. The van der Waals surface area contributed by atoms with Gasteiger partial charge < -0.3 is 4.57 Å². The van der Waals surface area contributed by atoms with Crippen molar-refractivity contribution >= 4 is 22.7 Å². The van der Waals surface area contributed by atoms with Gasteiger partial charge in [-0.15, -0.1) is 0 Å². The first kappa shape index (κ1) is 19.5. The molecule has 4 rings (SSSR count). The highest BCUT2D eigenvalue weighted by Crippen LogP contribution is 2.27. The molecular weight excluding hydrogens is 374 g/mol. The van der Waals surface area contributed by atoms with Crippen LogP contribution < -0.4 is 10.9 Å². The van der Waals surface area contributed by atoms with Gasteiger partial charge in [-0.1, -0.05) is 78.9 Å². The summed E-state index contributed by atoms with van der Waals surface area (Å²) in [5.41, 5.74) is 8.73. The van der Waals surface area contributed by atoms with E-state index in [1.54, 1.807) is 6.20 Å². The summed E-state index contributed by atoms with van der Waals surface area (Å²) in [5.74, 6) is -0.681. The van der Waals surface area contributed by atoms with Gasteiger partial charge in [-0.05, 0) is 17.2 Å². The molecule has 1 heterocycles. The van der Waals surface area contributed by atoms with Gasteiger partial charge in [-0.3, -0.25) is 20.4 Å². The van der Waals surface area contributed by atoms with Gasteiger partial charge in [0, 0.05) is 36.5 Å². The van der Waals surface area contributed by atoms with Gasteiger partial charge in [0.25, 0.3) is 5.91 Å². The zero-order chi connectivity index (χ0) is 20.9. The van der Waals surface area contributed by atoms with Crippen molar-refractivity contribution in [2.45, 2.75) is 12.3 Å². The summed E-state index contributed by atoms with van der Waals surface area (Å²) in [7, 11) is 1.89. The third-order valence-corrected chi connectivity index (χ3v) is 5.25. The molecule has 3 aromatic carbocycles. The van der Waals surface area contributed by atoms with Gasteiger partial charge in [-0.25, -0.2) is 0 Å². The minimum atomic E-state index is -0.337. The number of nitrogens with zero attached hydrogens (tertiary/aromatic N) is 1. The number of para-hydroxylation sites is 1. The molecule has 0 bridgehead atoms. The van der Waals surface area contributed by atoms with E-state index in [4.69, 9.17) is 0 Å². The zero-order valence-corrected chi connectivity index (χ0v) is 16.7. The molecule has 4 aromatic rings. The lowest BCUT2D eigenvalue weighted by Gasteiger charge is -2.18. The Labute approximate surface area is 175 Å². The number of hydrogen-bond acceptors (Lipinski definition) is 2. The third-order valence-electron chi connectivity index (χ3n) is 5.25. The van der Waals surface area contributed by atoms with Crippen molar-refractivity contribution in [2.24, 2.45) is 7.05 Å². The molecule has 150 valence electrons. The lowest BCUT2D eigenvalue weighted by Crippen LogP contribution is -2.42. The topological polar surface area (TPSA) is 63.1 Å². The van der Waals surface area contributed by atoms with Gasteiger partial charge in [0.05, 0.1) is 5.56 Å². The Hall–Kier alpha value is -3.86. The maximum absolute atomic E-state index is 12.7. The molecule has 0 unspecified atom stereocenters. The Kier molecular flexibility index (Phi) is 5.61. The number of aromatic nitrogens is 1. The molecule has 5 nitrogen and oxygen atoms in total. The number of aryl methyl sites for hydroxylation is 1. The van der Waals surface area contributed by atoms with Gasteiger partial charge in [0.2, 0.25) is 5.91 Å². The second kappa shape index (κ2) is 8.66. The van der Waals surface area contributed by atoms with Crippen molar-refractivity contribution in [2.75, 3.05) is 0 Å². The predicted molar refractivity (Wildman–Crippen MR) is 118 cm³/mol. The number of carbonyl (C=O) groups is 2. The minimum absolute atomic E-state index is 0.0955. The summed E-state index contributed by atoms with van der Waals surface area (Å²) in [5, 5.41) is 0.846. The maximum atomic E-state index is 12.7. The first-order valence-electron chi connectivity index (χ1n) is 9.86. The molecule has 0 atom stereocenters. The molecule has 0 aliphatic heterocycles. The van der Waals surface area contributed by atoms with Crippen LogP contribution in [0, 0.1) is 0 Å². The summed E-state index contributed by atoms with van der Waals surface area (Å²) in [6.07, 6.45) is 1.99. The Morgan fingerprint density at radius 1 is 0.800 bits per heavy atom. The second-order valence-electron chi connectivity index (χ2n) is 7.25. The Morgan fingerprint density at radius 3 is 2.00 bits per heavy atom. The van der Waals surface area contributed by atoms with E-state index in [9.17, 15) is 9.59 Å². The molecule has 0 aliphatic rings. The minimum Gasteiger partial charge on any atom is -0.350 e. The normalized spacial score (nSPS) is 10.9. The average molecular weight is 397 g/mol. The maximum Gasteiger partial charge on any atom is 0.271 e. The molecule has 0 fully saturated rings. The number of rotatable bonds is 5. The number of benzene rings is 3. The molecule has 0 radical (unpaired) electrons. The van der Waals surface area contributed by atoms with Crippen LogP contribution in [0.5, 0.6) is 0 Å². The molecule has 0 saturated carbocycles. The molecule has 30 heavy (non-hydrogen) atoms. The highest BCUT2D eigenvalue weighted by atomic mass is 16.2. The molecule has 5 heteroatoms. The van der Waals surface area contributed by atoms with Crippen LogP contribution in [-0.2, 0) is 11.8 Å². The quantitative estimate of drug-likeness (QED) is 0.497. The van der Waals surface area contributed by atoms with Crippen LogP contribution in [0.4, 0.5) is 0 Å². The summed E-state index contributed by atoms with van der Waals surface area (Å²) >= 11 is 0. The van der Waals surface area contributed by atoms with Crippen LogP contribution >= 0.6 is 0 Å². The number of nitrogens with one attached hydrogen (secondary N) is 2. The number of fused-ring (bicyclic) bond motifs is 1. The van der Waals surface area contributed by atoms with Crippen LogP contribution in [0.15, 0.2) is 91.1 Å². The Morgan fingerprint density at radius 2 is 1.37 bits per heavy atom. The van der Waals surface area contributed by atoms with Crippen molar-refractivity contribution in [1.82, 2.24) is 15.4 Å². The standard InChI is InChI=1S/C25H23N3O2/c1-28-17-22(20-14-8-9-15-23(20)28)25(30)27-26-24(29)16-21(18-10-4-2-5-11-18)19-12-6-3-7-13-19/h2-15,17,21H,16H2,1H3,(H,26,29)(H,27,30). The highest BCUT2D eigenvalue weighted by Gasteiger charge is 2.19. The fraction of sp³-hybridized carbons (Fsp3) is 0.120. The predicted octanol–water partition coefficient (Wildman–Crippen LogP) is 4.16. The fourth-order valence-electron chi connectivity index (χ4n) is 3.75. The van der Waals surface area contributed by atoms with Crippen molar-refractivity contribution in [3.63, 3.8) is 0 Å². The summed E-state index contributed by atoms with van der Waals surface area (Å²) in [4.78, 5) is 25.3. The molecular formula is C25H23N3O2. The number of hydrogen-bond donors (Lipinski definition) is 2. The summed E-state index contributed by atoms with van der Waals surface area (Å²) < 4.78 is 1.90. The molecule has 0 saturated heterocycles. The number of carbonyl (C=O) groups excluding carboxylic acids is 2. The van der Waals surface area contributed by atoms with Crippen molar-refractivity contribution in [3.8, 4) is 0 Å². The van der Waals surface area contributed by atoms with E-state index in [2.05, 4.69) is 10.9 Å². The SMILES string of the molecule is Cn1cc(C(=O)NNC(=O)CC(c2ccccc2)c2ccccc2)c2ccccc21. The number of amides is 2. The van der Waals surface area contributed by atoms with Gasteiger partial charge >= 0.3 is 0 Å². The van der Waals surface area contributed by atoms with Crippen LogP contribution in [-0.4, -0.2) is 16.4 Å². The smallest absolute Gasteiger partial charge is 0.271 e. The first-order chi connectivity index (χ1) is 14.6. The van der Waals surface area contributed by atoms with Crippen LogP contribution in [0.25, 0.3) is 10.9 Å². The molecule has 0 aliphatic carbocycles. The van der Waals surface area contributed by atoms with Crippen LogP contribution in [0.1, 0.15) is 33.8 Å². The van der Waals surface area contributed by atoms with Gasteiger partial charge in [0.1, 0.15) is 0 Å². The monoisotopic (exact) mass is 397 g/mol. The largest absolute Gasteiger partial charge is 0.350 e. The molecule has 2 N–H and O–H groups in total. The molecule has 1 aromatic heterocycles. The van der Waals surface area contributed by atoms with E-state index in [1.165, 1.54) is 0 Å². The van der Waals surface area contributed by atoms with Crippen molar-refractivity contribution in [3.05, 3.63) is 108 Å². The van der Waals surface area contributed by atoms with E-state index >= 15 is 0 Å². The van der Waals surface area contributed by atoms with E-state index in [1.807, 2.05) is 96.5 Å². The lowest BCUT2D eigenvalue weighted by molar-refractivity contribution is -0.122. The number of hydrazine groups is 1. The second-order valence-corrected chi connectivity index (χ2v) is 7.25. The molecule has 0 spiro atoms. The van der Waals surface area contributed by atoms with Crippen molar-refractivity contribution in [1.29, 1.82) is 0 Å². The zero-order valence-electron chi connectivity index (χ0n) is 16.7. The Bertz CT molecular complexity index is 1130. The summed E-state index contributed by atoms with van der Waals surface area (Å²) in [6, 6.07) is 27.5. The van der Waals surface area contributed by atoms with Gasteiger partial charge in [0.15, 0.2) is 0 Å². The third kappa shape index (κ3) is 4.10. The fourth-order valence-corrected chi connectivity index (χ4v) is 3.75. The highest BCUT2D eigenvalue weighted by molar-refractivity contribution is 6.07. The lowest BCUT2D eigenvalue weighted by atomic mass is 9.88. The van der Waals surface area contributed by atoms with E-state index < -0.39 is 0 Å². The Balaban J connectivity index is 1.47. The van der Waals surface area contributed by atoms with E-state index in [-0.39, 0.29) is 24.2 Å². The van der Waals surface area contributed by atoms with Crippen LogP contribution in [0.2, 0.25) is 0 Å². The van der Waals surface area contributed by atoms with Crippen molar-refractivity contribution < 1.29 is 9.59 Å². The van der Waals surface area contributed by atoms with Gasteiger partial charge in [-0.2, -0.15) is 0 Å². The average Bonchev–Trinajstić information content (AvgIpc) is 3.14. The van der Waals surface area contributed by atoms with E-state index in [0.29, 0.717) is 5.56 Å². The first-order valence-corrected chi connectivity index (χ1v) is 9.86. The van der Waals surface area contributed by atoms with E-state index in [0.717, 1.165) is 22.0 Å². The molecule has 2 amide bonds.